The van der Waals surface area contributed by atoms with E-state index in [0.29, 0.717) is 31.4 Å². The monoisotopic (exact) mass is 415 g/mol. The number of hydrogen-bond acceptors (Lipinski definition) is 5. The van der Waals surface area contributed by atoms with Gasteiger partial charge in [0.15, 0.2) is 5.96 Å². The molecule has 0 spiro atoms. The molecule has 2 aromatic rings. The fourth-order valence-electron chi connectivity index (χ4n) is 3.32. The van der Waals surface area contributed by atoms with E-state index in [-0.39, 0.29) is 12.6 Å². The highest BCUT2D eigenvalue weighted by atomic mass is 16.5. The first-order valence-corrected chi connectivity index (χ1v) is 10.6. The number of furan rings is 1. The van der Waals surface area contributed by atoms with E-state index in [1.165, 1.54) is 0 Å². The molecule has 0 aliphatic carbocycles. The van der Waals surface area contributed by atoms with Gasteiger partial charge in [-0.25, -0.2) is 4.99 Å². The molecule has 164 valence electrons. The van der Waals surface area contributed by atoms with Crippen molar-refractivity contribution in [1.29, 1.82) is 0 Å². The summed E-state index contributed by atoms with van der Waals surface area (Å²) in [7, 11) is 0. The van der Waals surface area contributed by atoms with Crippen molar-refractivity contribution in [2.24, 2.45) is 4.99 Å². The van der Waals surface area contributed by atoms with E-state index in [1.54, 1.807) is 25.3 Å². The molecule has 0 bridgehead atoms. The largest absolute Gasteiger partial charge is 0.491 e. The van der Waals surface area contributed by atoms with Crippen LogP contribution in [0.5, 0.6) is 5.75 Å². The van der Waals surface area contributed by atoms with Gasteiger partial charge >= 0.3 is 0 Å². The summed E-state index contributed by atoms with van der Waals surface area (Å²) in [6.45, 7) is 8.58. The van der Waals surface area contributed by atoms with Crippen LogP contribution in [0.15, 0.2) is 46.0 Å². The maximum absolute atomic E-state index is 10.7. The van der Waals surface area contributed by atoms with Gasteiger partial charge < -0.3 is 29.6 Å². The van der Waals surface area contributed by atoms with Gasteiger partial charge in [-0.3, -0.25) is 0 Å². The Kier molecular flexibility index (Phi) is 7.76. The molecule has 0 radical (unpaired) electrons. The molecular weight excluding hydrogens is 382 g/mol. The summed E-state index contributed by atoms with van der Waals surface area (Å²) >= 11 is 0. The van der Waals surface area contributed by atoms with Gasteiger partial charge in [0.25, 0.3) is 0 Å². The van der Waals surface area contributed by atoms with Crippen LogP contribution in [0.3, 0.4) is 0 Å². The Balaban J connectivity index is 1.64. The Labute approximate surface area is 178 Å². The molecule has 3 N–H and O–H groups in total. The first-order chi connectivity index (χ1) is 14.5. The molecule has 1 fully saturated rings. The molecule has 2 unspecified atom stereocenters. The minimum Gasteiger partial charge on any atom is -0.491 e. The lowest BCUT2D eigenvalue weighted by Crippen LogP contribution is -2.44. The van der Waals surface area contributed by atoms with E-state index < -0.39 is 5.60 Å². The first kappa shape index (κ1) is 22.2. The summed E-state index contributed by atoms with van der Waals surface area (Å²) in [5.74, 6) is 1.97. The predicted octanol–water partition coefficient (Wildman–Crippen LogP) is 3.11. The quantitative estimate of drug-likeness (QED) is 0.431. The van der Waals surface area contributed by atoms with Crippen LogP contribution in [0, 0.1) is 6.92 Å². The Morgan fingerprint density at radius 2 is 2.20 bits per heavy atom. The lowest BCUT2D eigenvalue weighted by Gasteiger charge is -2.22. The number of guanidine groups is 1. The number of nitrogens with one attached hydrogen (secondary N) is 2. The van der Waals surface area contributed by atoms with Crippen molar-refractivity contribution in [2.45, 2.75) is 51.9 Å². The highest BCUT2D eigenvalue weighted by molar-refractivity contribution is 5.79. The summed E-state index contributed by atoms with van der Waals surface area (Å²) in [5.41, 5.74) is 1.01. The molecule has 3 rings (SSSR count). The van der Waals surface area contributed by atoms with Gasteiger partial charge in [-0.1, -0.05) is 12.1 Å². The molecule has 0 saturated carbocycles. The van der Waals surface area contributed by atoms with Gasteiger partial charge in [0.2, 0.25) is 0 Å². The van der Waals surface area contributed by atoms with Crippen LogP contribution < -0.4 is 15.4 Å². The van der Waals surface area contributed by atoms with Crippen molar-refractivity contribution in [3.8, 4) is 5.75 Å². The van der Waals surface area contributed by atoms with Crippen molar-refractivity contribution in [3.05, 3.63) is 53.5 Å². The average Bonchev–Trinajstić information content (AvgIpc) is 3.44. The van der Waals surface area contributed by atoms with Crippen molar-refractivity contribution < 1.29 is 19.0 Å². The van der Waals surface area contributed by atoms with E-state index in [4.69, 9.17) is 13.9 Å². The van der Waals surface area contributed by atoms with Crippen molar-refractivity contribution >= 4 is 5.96 Å². The third-order valence-electron chi connectivity index (χ3n) is 5.08. The van der Waals surface area contributed by atoms with Crippen LogP contribution in [-0.4, -0.2) is 43.5 Å². The zero-order valence-corrected chi connectivity index (χ0v) is 18.1. The zero-order valence-electron chi connectivity index (χ0n) is 18.1. The third kappa shape index (κ3) is 6.24. The van der Waals surface area contributed by atoms with E-state index in [2.05, 4.69) is 21.7 Å². The molecule has 30 heavy (non-hydrogen) atoms. The summed E-state index contributed by atoms with van der Waals surface area (Å²) < 4.78 is 17.1. The fraction of sp³-hybridized carbons (Fsp3) is 0.522. The second-order valence-electron chi connectivity index (χ2n) is 7.86. The van der Waals surface area contributed by atoms with E-state index >= 15 is 0 Å². The molecule has 7 heteroatoms. The Hall–Kier alpha value is -2.51. The second-order valence-corrected chi connectivity index (χ2v) is 7.86. The molecule has 0 amide bonds. The van der Waals surface area contributed by atoms with Crippen LogP contribution in [0.4, 0.5) is 0 Å². The van der Waals surface area contributed by atoms with Crippen molar-refractivity contribution in [3.63, 3.8) is 0 Å². The van der Waals surface area contributed by atoms with Gasteiger partial charge in [0.05, 0.1) is 25.5 Å². The fourth-order valence-corrected chi connectivity index (χ4v) is 3.32. The third-order valence-corrected chi connectivity index (χ3v) is 5.08. The number of aryl methyl sites for hydroxylation is 1. The van der Waals surface area contributed by atoms with Gasteiger partial charge in [-0.05, 0) is 57.4 Å². The van der Waals surface area contributed by atoms with Crippen LogP contribution >= 0.6 is 0 Å². The highest BCUT2D eigenvalue weighted by Crippen LogP contribution is 2.23. The van der Waals surface area contributed by atoms with Crippen LogP contribution in [0.2, 0.25) is 0 Å². The predicted molar refractivity (Wildman–Crippen MR) is 117 cm³/mol. The summed E-state index contributed by atoms with van der Waals surface area (Å²) in [4.78, 5) is 4.68. The zero-order chi connectivity index (χ0) is 21.4. The summed E-state index contributed by atoms with van der Waals surface area (Å²) in [5, 5.41) is 17.1. The molecular formula is C23H33N3O4. The maximum atomic E-state index is 10.7. The average molecular weight is 416 g/mol. The number of aliphatic imine (C=N–C) groups is 1. The Bertz CT molecular complexity index is 812. The smallest absolute Gasteiger partial charge is 0.191 e. The molecule has 1 saturated heterocycles. The standard InChI is InChI=1S/C23H33N3O4/c1-4-24-22(26-16-23(3,27)21-8-6-12-29-21)25-14-18-10-9-17(2)13-20(18)30-15-19-7-5-11-28-19/h6,8-10,12-13,19,27H,4-5,7,11,14-16H2,1-3H3,(H2,24,25,26). The number of benzene rings is 1. The van der Waals surface area contributed by atoms with Crippen molar-refractivity contribution in [1.82, 2.24) is 10.6 Å². The molecule has 2 atom stereocenters. The maximum Gasteiger partial charge on any atom is 0.191 e. The van der Waals surface area contributed by atoms with Crippen LogP contribution in [-0.2, 0) is 16.9 Å². The summed E-state index contributed by atoms with van der Waals surface area (Å²) in [6, 6.07) is 9.67. The minimum absolute atomic E-state index is 0.171. The van der Waals surface area contributed by atoms with Crippen LogP contribution in [0.1, 0.15) is 43.6 Å². The van der Waals surface area contributed by atoms with Gasteiger partial charge in [-0.2, -0.15) is 0 Å². The topological polar surface area (TPSA) is 88.3 Å². The van der Waals surface area contributed by atoms with Gasteiger partial charge in [-0.15, -0.1) is 0 Å². The summed E-state index contributed by atoms with van der Waals surface area (Å²) in [6.07, 6.45) is 3.87. The lowest BCUT2D eigenvalue weighted by atomic mass is 10.0. The molecule has 7 nitrogen and oxygen atoms in total. The second kappa shape index (κ2) is 10.5. The van der Waals surface area contributed by atoms with E-state index in [9.17, 15) is 5.11 Å². The van der Waals surface area contributed by atoms with E-state index in [1.807, 2.05) is 26.0 Å². The van der Waals surface area contributed by atoms with Crippen LogP contribution in [0.25, 0.3) is 0 Å². The van der Waals surface area contributed by atoms with Gasteiger partial charge in [0.1, 0.15) is 23.7 Å². The normalized spacial score (nSPS) is 18.8. The number of aliphatic hydroxyl groups is 1. The number of nitrogens with zero attached hydrogens (tertiary/aromatic N) is 1. The molecule has 1 aliphatic rings. The molecule has 2 heterocycles. The molecule has 1 aliphatic heterocycles. The minimum atomic E-state index is -1.14. The number of ether oxygens (including phenoxy) is 2. The Morgan fingerprint density at radius 3 is 2.90 bits per heavy atom. The van der Waals surface area contributed by atoms with E-state index in [0.717, 1.165) is 36.3 Å². The SMILES string of the molecule is CCNC(=NCc1ccc(C)cc1OCC1CCCO1)NCC(C)(O)c1ccco1. The molecule has 1 aromatic heterocycles. The Morgan fingerprint density at radius 1 is 1.33 bits per heavy atom. The highest BCUT2D eigenvalue weighted by Gasteiger charge is 2.26. The first-order valence-electron chi connectivity index (χ1n) is 10.6. The van der Waals surface area contributed by atoms with Crippen molar-refractivity contribution in [2.75, 3.05) is 26.3 Å². The number of rotatable bonds is 9. The van der Waals surface area contributed by atoms with Gasteiger partial charge in [0, 0.05) is 18.7 Å². The lowest BCUT2D eigenvalue weighted by molar-refractivity contribution is 0.0386. The number of hydrogen-bond donors (Lipinski definition) is 3. The molecule has 1 aromatic carbocycles.